The molecule has 0 spiro atoms. The lowest BCUT2D eigenvalue weighted by Crippen LogP contribution is -2.33. The van der Waals surface area contributed by atoms with Crippen LogP contribution in [0.3, 0.4) is 0 Å². The fourth-order valence-electron chi connectivity index (χ4n) is 2.15. The van der Waals surface area contributed by atoms with Crippen molar-refractivity contribution in [1.29, 1.82) is 0 Å². The lowest BCUT2D eigenvalue weighted by molar-refractivity contribution is 0.536. The van der Waals surface area contributed by atoms with E-state index in [0.29, 0.717) is 0 Å². The van der Waals surface area contributed by atoms with Crippen LogP contribution in [0.25, 0.3) is 0 Å². The summed E-state index contributed by atoms with van der Waals surface area (Å²) in [6.45, 7) is 10.4. The van der Waals surface area contributed by atoms with E-state index in [1.54, 1.807) is 0 Å². The molecule has 0 bridgehead atoms. The largest absolute Gasteiger partial charge is 0.322 e. The molecule has 0 aromatic rings. The SMILES string of the molecule is C=C(CCCCCCCCCCCC)C(C)(C)N.Cl. The summed E-state index contributed by atoms with van der Waals surface area (Å²) in [6, 6.07) is 0. The number of rotatable bonds is 12. The quantitative estimate of drug-likeness (QED) is 0.345. The molecule has 2 heteroatoms. The Morgan fingerprint density at radius 3 is 1.58 bits per heavy atom. The monoisotopic (exact) mass is 289 g/mol. The summed E-state index contributed by atoms with van der Waals surface area (Å²) in [5, 5.41) is 0. The molecule has 0 amide bonds. The molecule has 0 rings (SSSR count). The van der Waals surface area contributed by atoms with E-state index >= 15 is 0 Å². The van der Waals surface area contributed by atoms with Crippen LogP contribution < -0.4 is 5.73 Å². The standard InChI is InChI=1S/C17H35N.ClH/c1-5-6-7-8-9-10-11-12-13-14-15-16(2)17(3,4)18;/h2,5-15,18H2,1,3-4H3;1H. The van der Waals surface area contributed by atoms with Crippen LogP contribution in [-0.2, 0) is 0 Å². The van der Waals surface area contributed by atoms with E-state index < -0.39 is 0 Å². The molecule has 0 fully saturated rings. The minimum Gasteiger partial charge on any atom is -0.322 e. The molecule has 116 valence electrons. The van der Waals surface area contributed by atoms with Crippen LogP contribution in [-0.4, -0.2) is 5.54 Å². The van der Waals surface area contributed by atoms with E-state index in [4.69, 9.17) is 5.73 Å². The molecule has 0 radical (unpaired) electrons. The predicted molar refractivity (Wildman–Crippen MR) is 91.1 cm³/mol. The minimum atomic E-state index is -0.195. The summed E-state index contributed by atoms with van der Waals surface area (Å²) in [5.74, 6) is 0. The zero-order valence-electron chi connectivity index (χ0n) is 13.5. The van der Waals surface area contributed by atoms with Crippen molar-refractivity contribution in [1.82, 2.24) is 0 Å². The molecule has 0 aliphatic carbocycles. The van der Waals surface area contributed by atoms with Gasteiger partial charge in [0.2, 0.25) is 0 Å². The van der Waals surface area contributed by atoms with Crippen molar-refractivity contribution in [3.8, 4) is 0 Å². The van der Waals surface area contributed by atoms with Gasteiger partial charge in [0.25, 0.3) is 0 Å². The fraction of sp³-hybridized carbons (Fsp3) is 0.882. The Morgan fingerprint density at radius 1 is 0.842 bits per heavy atom. The third-order valence-corrected chi connectivity index (χ3v) is 3.74. The number of nitrogens with two attached hydrogens (primary N) is 1. The first-order valence-corrected chi connectivity index (χ1v) is 7.95. The molecular weight excluding hydrogens is 254 g/mol. The Bertz CT molecular complexity index is 206. The van der Waals surface area contributed by atoms with Gasteiger partial charge in [0, 0.05) is 5.54 Å². The van der Waals surface area contributed by atoms with Crippen LogP contribution in [0.15, 0.2) is 12.2 Å². The Hall–Kier alpha value is -0.0100. The van der Waals surface area contributed by atoms with Gasteiger partial charge in [-0.1, -0.05) is 76.9 Å². The van der Waals surface area contributed by atoms with Crippen LogP contribution in [0.5, 0.6) is 0 Å². The van der Waals surface area contributed by atoms with E-state index in [9.17, 15) is 0 Å². The molecule has 0 aromatic carbocycles. The molecule has 0 aliphatic heterocycles. The molecule has 1 nitrogen and oxygen atoms in total. The second-order valence-corrected chi connectivity index (χ2v) is 6.26. The average Bonchev–Trinajstić information content (AvgIpc) is 2.30. The van der Waals surface area contributed by atoms with E-state index in [1.165, 1.54) is 69.8 Å². The summed E-state index contributed by atoms with van der Waals surface area (Å²) in [6.07, 6.45) is 15.0. The number of halogens is 1. The first-order chi connectivity index (χ1) is 8.48. The van der Waals surface area contributed by atoms with E-state index in [2.05, 4.69) is 13.5 Å². The summed E-state index contributed by atoms with van der Waals surface area (Å²) in [5.41, 5.74) is 7.00. The van der Waals surface area contributed by atoms with Crippen LogP contribution in [0.1, 0.15) is 91.4 Å². The molecule has 0 saturated carbocycles. The van der Waals surface area contributed by atoms with E-state index in [1.807, 2.05) is 13.8 Å². The van der Waals surface area contributed by atoms with Crippen LogP contribution in [0.4, 0.5) is 0 Å². The summed E-state index contributed by atoms with van der Waals surface area (Å²) < 4.78 is 0. The van der Waals surface area contributed by atoms with Crippen molar-refractivity contribution in [3.63, 3.8) is 0 Å². The average molecular weight is 290 g/mol. The second-order valence-electron chi connectivity index (χ2n) is 6.26. The summed E-state index contributed by atoms with van der Waals surface area (Å²) in [7, 11) is 0. The Kier molecular flexibility index (Phi) is 14.6. The molecule has 19 heavy (non-hydrogen) atoms. The molecule has 2 N–H and O–H groups in total. The van der Waals surface area contributed by atoms with Gasteiger partial charge in [-0.15, -0.1) is 12.4 Å². The van der Waals surface area contributed by atoms with Crippen LogP contribution >= 0.6 is 12.4 Å². The topological polar surface area (TPSA) is 26.0 Å². The molecule has 0 saturated heterocycles. The van der Waals surface area contributed by atoms with Gasteiger partial charge in [0.1, 0.15) is 0 Å². The molecule has 0 unspecified atom stereocenters. The predicted octanol–water partition coefficient (Wildman–Crippen LogP) is 6.01. The Morgan fingerprint density at radius 2 is 1.21 bits per heavy atom. The molecule has 0 aromatic heterocycles. The maximum Gasteiger partial charge on any atom is 0.0308 e. The van der Waals surface area contributed by atoms with Crippen molar-refractivity contribution in [2.24, 2.45) is 5.73 Å². The normalized spacial score (nSPS) is 11.2. The molecule has 0 atom stereocenters. The zero-order chi connectivity index (χ0) is 13.9. The lowest BCUT2D eigenvalue weighted by Gasteiger charge is -2.21. The van der Waals surface area contributed by atoms with Crippen molar-refractivity contribution < 1.29 is 0 Å². The Labute approximate surface area is 127 Å². The van der Waals surface area contributed by atoms with Crippen molar-refractivity contribution in [2.45, 2.75) is 96.9 Å². The van der Waals surface area contributed by atoms with Gasteiger partial charge in [-0.3, -0.25) is 0 Å². The second kappa shape index (κ2) is 13.0. The molecule has 0 aliphatic rings. The highest BCUT2D eigenvalue weighted by atomic mass is 35.5. The first kappa shape index (κ1) is 21.3. The van der Waals surface area contributed by atoms with E-state index in [-0.39, 0.29) is 17.9 Å². The van der Waals surface area contributed by atoms with Gasteiger partial charge in [0.15, 0.2) is 0 Å². The third kappa shape index (κ3) is 14.2. The van der Waals surface area contributed by atoms with Gasteiger partial charge in [0.05, 0.1) is 0 Å². The minimum absolute atomic E-state index is 0. The molecule has 0 heterocycles. The van der Waals surface area contributed by atoms with Gasteiger partial charge in [-0.05, 0) is 26.7 Å². The number of unbranched alkanes of at least 4 members (excludes halogenated alkanes) is 9. The smallest absolute Gasteiger partial charge is 0.0308 e. The molecular formula is C17H36ClN. The zero-order valence-corrected chi connectivity index (χ0v) is 14.3. The first-order valence-electron chi connectivity index (χ1n) is 7.95. The highest BCUT2D eigenvalue weighted by Crippen LogP contribution is 2.18. The van der Waals surface area contributed by atoms with Gasteiger partial charge < -0.3 is 5.73 Å². The van der Waals surface area contributed by atoms with Crippen LogP contribution in [0.2, 0.25) is 0 Å². The lowest BCUT2D eigenvalue weighted by atomic mass is 9.92. The maximum absolute atomic E-state index is 6.00. The van der Waals surface area contributed by atoms with Crippen LogP contribution in [0, 0.1) is 0 Å². The third-order valence-electron chi connectivity index (χ3n) is 3.74. The van der Waals surface area contributed by atoms with Gasteiger partial charge >= 0.3 is 0 Å². The number of hydrogen-bond donors (Lipinski definition) is 1. The maximum atomic E-state index is 6.00. The summed E-state index contributed by atoms with van der Waals surface area (Å²) in [4.78, 5) is 0. The van der Waals surface area contributed by atoms with Gasteiger partial charge in [-0.2, -0.15) is 0 Å². The number of hydrogen-bond acceptors (Lipinski definition) is 1. The van der Waals surface area contributed by atoms with Gasteiger partial charge in [-0.25, -0.2) is 0 Å². The van der Waals surface area contributed by atoms with Crippen molar-refractivity contribution in [2.75, 3.05) is 0 Å². The van der Waals surface area contributed by atoms with Crippen molar-refractivity contribution >= 4 is 12.4 Å². The van der Waals surface area contributed by atoms with E-state index in [0.717, 1.165) is 6.42 Å². The summed E-state index contributed by atoms with van der Waals surface area (Å²) >= 11 is 0. The highest BCUT2D eigenvalue weighted by Gasteiger charge is 2.14. The highest BCUT2D eigenvalue weighted by molar-refractivity contribution is 5.85. The fourth-order valence-corrected chi connectivity index (χ4v) is 2.15. The Balaban J connectivity index is 0. The van der Waals surface area contributed by atoms with Crippen molar-refractivity contribution in [3.05, 3.63) is 12.2 Å².